The fourth-order valence-corrected chi connectivity index (χ4v) is 3.27. The number of carboxylic acid groups (broad SMARTS) is 1. The number of hydrogen-bond acceptors (Lipinski definition) is 8. The van der Waals surface area contributed by atoms with Crippen molar-refractivity contribution in [2.75, 3.05) is 18.0 Å². The van der Waals surface area contributed by atoms with Crippen molar-refractivity contribution in [2.45, 2.75) is 6.61 Å². The van der Waals surface area contributed by atoms with Gasteiger partial charge < -0.3 is 26.6 Å². The lowest BCUT2D eigenvalue weighted by atomic mass is 10.1. The molecule has 2 heterocycles. The van der Waals surface area contributed by atoms with Crippen LogP contribution in [0.5, 0.6) is 5.75 Å². The maximum atomic E-state index is 12.0. The van der Waals surface area contributed by atoms with E-state index < -0.39 is 18.4 Å². The number of nitrogens with one attached hydrogen (secondary N) is 1. The monoisotopic (exact) mass is 399 g/mol. The molecule has 0 aliphatic rings. The average Bonchev–Trinajstić information content (AvgIpc) is 3.16. The molecule has 9 nitrogen and oxygen atoms in total. The molecule has 1 amide bonds. The van der Waals surface area contributed by atoms with Gasteiger partial charge >= 0.3 is 5.97 Å². The van der Waals surface area contributed by atoms with Crippen LogP contribution in [0.25, 0.3) is 10.4 Å². The van der Waals surface area contributed by atoms with Crippen LogP contribution in [0.3, 0.4) is 0 Å². The number of carboxylic acids is 1. The van der Waals surface area contributed by atoms with Crippen LogP contribution in [0.15, 0.2) is 41.9 Å². The molecule has 0 saturated heterocycles. The normalized spacial score (nSPS) is 10.4. The molecule has 0 aliphatic heterocycles. The highest BCUT2D eigenvalue weighted by Gasteiger charge is 2.14. The number of nitrogen functional groups attached to an aromatic ring is 2. The Morgan fingerprint density at radius 3 is 2.79 bits per heavy atom. The molecule has 0 radical (unpaired) electrons. The van der Waals surface area contributed by atoms with E-state index in [1.165, 1.54) is 17.5 Å². The van der Waals surface area contributed by atoms with Crippen molar-refractivity contribution in [3.63, 3.8) is 0 Å². The Bertz CT molecular complexity index is 1020. The van der Waals surface area contributed by atoms with E-state index in [1.54, 1.807) is 17.5 Å². The van der Waals surface area contributed by atoms with Crippen LogP contribution >= 0.6 is 11.3 Å². The molecule has 144 valence electrons. The summed E-state index contributed by atoms with van der Waals surface area (Å²) in [5.74, 6) is -0.617. The number of nitrogens with zero attached hydrogens (tertiary/aromatic N) is 2. The van der Waals surface area contributed by atoms with Gasteiger partial charge in [-0.05, 0) is 18.2 Å². The Kier molecular flexibility index (Phi) is 5.70. The molecular weight excluding hydrogens is 382 g/mol. The molecule has 2 aromatic heterocycles. The standard InChI is InChI=1S/C18H17N5O4S/c19-16-11(6-22-18(20)23-16)8-27-13-4-2-1-3-12(13)14-5-10(9-28-14)17(26)21-7-15(24)25/h1-6,9H,7-8H2,(H,21,26)(H,24,25)(H4,19,20,22,23). The predicted molar refractivity (Wildman–Crippen MR) is 105 cm³/mol. The smallest absolute Gasteiger partial charge is 0.322 e. The van der Waals surface area contributed by atoms with Crippen molar-refractivity contribution < 1.29 is 19.4 Å². The van der Waals surface area contributed by atoms with E-state index in [4.69, 9.17) is 21.3 Å². The Balaban J connectivity index is 1.77. The number of carbonyl (C=O) groups excluding carboxylic acids is 1. The molecule has 0 fully saturated rings. The summed E-state index contributed by atoms with van der Waals surface area (Å²) in [5, 5.41) is 12.7. The SMILES string of the molecule is Nc1ncc(COc2ccccc2-c2cc(C(=O)NCC(=O)O)cs2)c(N)n1. The quantitative estimate of drug-likeness (QED) is 0.469. The van der Waals surface area contributed by atoms with Gasteiger partial charge in [-0.3, -0.25) is 9.59 Å². The number of aliphatic carboxylic acids is 1. The van der Waals surface area contributed by atoms with Crippen LogP contribution < -0.4 is 21.5 Å². The number of hydrogen-bond donors (Lipinski definition) is 4. The van der Waals surface area contributed by atoms with Gasteiger partial charge in [-0.15, -0.1) is 11.3 Å². The Morgan fingerprint density at radius 1 is 1.25 bits per heavy atom. The fourth-order valence-electron chi connectivity index (χ4n) is 2.35. The molecule has 0 spiro atoms. The molecule has 0 unspecified atom stereocenters. The molecule has 3 aromatic rings. The number of benzene rings is 1. The summed E-state index contributed by atoms with van der Waals surface area (Å²) in [6, 6.07) is 9.03. The number of nitrogens with two attached hydrogens (primary N) is 2. The number of aromatic nitrogens is 2. The third kappa shape index (κ3) is 4.54. The van der Waals surface area contributed by atoms with Crippen LogP contribution in [0.4, 0.5) is 11.8 Å². The third-order valence-electron chi connectivity index (χ3n) is 3.71. The number of rotatable bonds is 7. The lowest BCUT2D eigenvalue weighted by molar-refractivity contribution is -0.135. The molecule has 0 aliphatic carbocycles. The van der Waals surface area contributed by atoms with E-state index in [-0.39, 0.29) is 18.4 Å². The zero-order valence-corrected chi connectivity index (χ0v) is 15.4. The van der Waals surface area contributed by atoms with Gasteiger partial charge in [0.2, 0.25) is 5.95 Å². The number of carbonyl (C=O) groups is 2. The van der Waals surface area contributed by atoms with Crippen LogP contribution in [0, 0.1) is 0 Å². The fraction of sp³-hybridized carbons (Fsp3) is 0.111. The second-order valence-electron chi connectivity index (χ2n) is 5.70. The summed E-state index contributed by atoms with van der Waals surface area (Å²) < 4.78 is 5.87. The molecule has 6 N–H and O–H groups in total. The van der Waals surface area contributed by atoms with Crippen molar-refractivity contribution in [1.82, 2.24) is 15.3 Å². The summed E-state index contributed by atoms with van der Waals surface area (Å²) in [6.45, 7) is -0.282. The van der Waals surface area contributed by atoms with Crippen LogP contribution in [-0.2, 0) is 11.4 Å². The second kappa shape index (κ2) is 8.35. The maximum Gasteiger partial charge on any atom is 0.322 e. The molecule has 3 rings (SSSR count). The highest BCUT2D eigenvalue weighted by atomic mass is 32.1. The van der Waals surface area contributed by atoms with E-state index in [2.05, 4.69) is 15.3 Å². The van der Waals surface area contributed by atoms with E-state index in [1.807, 2.05) is 18.2 Å². The summed E-state index contributed by atoms with van der Waals surface area (Å²) >= 11 is 1.35. The van der Waals surface area contributed by atoms with Gasteiger partial charge in [-0.2, -0.15) is 4.98 Å². The van der Waals surface area contributed by atoms with E-state index in [9.17, 15) is 9.59 Å². The summed E-state index contributed by atoms with van der Waals surface area (Å²) in [6.07, 6.45) is 1.51. The topological polar surface area (TPSA) is 153 Å². The zero-order chi connectivity index (χ0) is 20.1. The first-order valence-corrected chi connectivity index (χ1v) is 8.99. The van der Waals surface area contributed by atoms with Crippen LogP contribution in [0.1, 0.15) is 15.9 Å². The van der Waals surface area contributed by atoms with Gasteiger partial charge in [0, 0.05) is 22.0 Å². The Morgan fingerprint density at radius 2 is 2.04 bits per heavy atom. The van der Waals surface area contributed by atoms with Gasteiger partial charge in [0.15, 0.2) is 0 Å². The van der Waals surface area contributed by atoms with Gasteiger partial charge in [0.1, 0.15) is 24.7 Å². The molecule has 0 saturated carbocycles. The Hall–Kier alpha value is -3.66. The zero-order valence-electron chi connectivity index (χ0n) is 14.6. The third-order valence-corrected chi connectivity index (χ3v) is 4.68. The number of ether oxygens (including phenoxy) is 1. The highest BCUT2D eigenvalue weighted by molar-refractivity contribution is 7.13. The first kappa shape index (κ1) is 19.1. The van der Waals surface area contributed by atoms with Crippen molar-refractivity contribution >= 4 is 35.0 Å². The Labute approximate surface area is 164 Å². The highest BCUT2D eigenvalue weighted by Crippen LogP contribution is 2.35. The number of para-hydroxylation sites is 1. The first-order valence-electron chi connectivity index (χ1n) is 8.11. The lowest BCUT2D eigenvalue weighted by Crippen LogP contribution is -2.28. The van der Waals surface area contributed by atoms with Crippen molar-refractivity contribution in [3.05, 3.63) is 53.0 Å². The van der Waals surface area contributed by atoms with E-state index >= 15 is 0 Å². The minimum Gasteiger partial charge on any atom is -0.488 e. The van der Waals surface area contributed by atoms with Gasteiger partial charge in [-0.25, -0.2) is 4.98 Å². The summed E-state index contributed by atoms with van der Waals surface area (Å²) in [7, 11) is 0. The molecule has 28 heavy (non-hydrogen) atoms. The van der Waals surface area contributed by atoms with E-state index in [0.717, 1.165) is 10.4 Å². The summed E-state index contributed by atoms with van der Waals surface area (Å²) in [5.41, 5.74) is 13.1. The molecule has 10 heteroatoms. The number of amides is 1. The van der Waals surface area contributed by atoms with Crippen molar-refractivity contribution in [3.8, 4) is 16.2 Å². The van der Waals surface area contributed by atoms with Crippen LogP contribution in [0.2, 0.25) is 0 Å². The van der Waals surface area contributed by atoms with E-state index in [0.29, 0.717) is 16.9 Å². The minimum atomic E-state index is -1.10. The maximum absolute atomic E-state index is 12.0. The largest absolute Gasteiger partial charge is 0.488 e. The number of anilines is 2. The van der Waals surface area contributed by atoms with Crippen LogP contribution in [-0.4, -0.2) is 33.5 Å². The molecular formula is C18H17N5O4S. The van der Waals surface area contributed by atoms with Crippen molar-refractivity contribution in [2.24, 2.45) is 0 Å². The molecule has 0 atom stereocenters. The first-order chi connectivity index (χ1) is 13.4. The predicted octanol–water partition coefficient (Wildman–Crippen LogP) is 1.76. The minimum absolute atomic E-state index is 0.0916. The molecule has 0 bridgehead atoms. The number of thiophene rings is 1. The second-order valence-corrected chi connectivity index (χ2v) is 6.61. The van der Waals surface area contributed by atoms with Crippen molar-refractivity contribution in [1.29, 1.82) is 0 Å². The lowest BCUT2D eigenvalue weighted by Gasteiger charge is -2.11. The average molecular weight is 399 g/mol. The summed E-state index contributed by atoms with van der Waals surface area (Å²) in [4.78, 5) is 31.2. The van der Waals surface area contributed by atoms with Gasteiger partial charge in [0.25, 0.3) is 5.91 Å². The van der Waals surface area contributed by atoms with Gasteiger partial charge in [0.05, 0.1) is 11.1 Å². The molecule has 1 aromatic carbocycles. The van der Waals surface area contributed by atoms with Gasteiger partial charge in [-0.1, -0.05) is 12.1 Å².